The zero-order chi connectivity index (χ0) is 31.5. The van der Waals surface area contributed by atoms with E-state index in [9.17, 15) is 0 Å². The van der Waals surface area contributed by atoms with Crippen LogP contribution in [0.3, 0.4) is 0 Å². The van der Waals surface area contributed by atoms with Crippen LogP contribution in [0.2, 0.25) is 0 Å². The standard InChI is InChI=1S/C42H48N2/c1-8-16-38(43-7)25-14-19-31(4)36-22-11-10-21-34-27-28-35(23-15-24-37(34)29-36)41-40-32(5)18-9-12-26-39(40)44-42(41)33(6)20-13-17-30(2)3/h9-10,12-13,15,17-18,20,22-24,26-29,38,43-44H,2,4-5,8,11,14,16,19,25H2,1,3,6-7H3/b17-13-,24-15-,28-27?,33-20+,35-23?,36-22+,37-29-. The minimum Gasteiger partial charge on any atom is -0.354 e. The van der Waals surface area contributed by atoms with Crippen LogP contribution in [-0.2, 0) is 0 Å². The Labute approximate surface area is 265 Å². The van der Waals surface area contributed by atoms with E-state index in [1.807, 2.05) is 19.1 Å². The second-order valence-corrected chi connectivity index (χ2v) is 11.8. The van der Waals surface area contributed by atoms with Crippen LogP contribution in [0, 0.1) is 0 Å². The van der Waals surface area contributed by atoms with Crippen LogP contribution < -0.4 is 5.32 Å². The molecule has 1 aromatic rings. The Morgan fingerprint density at radius 2 is 1.84 bits per heavy atom. The highest BCUT2D eigenvalue weighted by Gasteiger charge is 2.21. The molecule has 2 heteroatoms. The molecular formula is C42H48N2. The third-order valence-electron chi connectivity index (χ3n) is 8.23. The van der Waals surface area contributed by atoms with Gasteiger partial charge in [-0.3, -0.25) is 0 Å². The van der Waals surface area contributed by atoms with Crippen LogP contribution in [0.15, 0.2) is 138 Å². The van der Waals surface area contributed by atoms with E-state index in [2.05, 4.69) is 136 Å². The number of fused-ring (bicyclic) bond motifs is 2. The minimum absolute atomic E-state index is 0.585. The number of rotatable bonds is 12. The number of hydrogen-bond donors (Lipinski definition) is 2. The Hall–Kier alpha value is -4.36. The summed E-state index contributed by atoms with van der Waals surface area (Å²) in [6.07, 6.45) is 38.8. The highest BCUT2D eigenvalue weighted by atomic mass is 14.9. The molecule has 0 radical (unpaired) electrons. The van der Waals surface area contributed by atoms with E-state index in [0.29, 0.717) is 6.04 Å². The number of hydrogen-bond acceptors (Lipinski definition) is 1. The van der Waals surface area contributed by atoms with Gasteiger partial charge in [-0.05, 0) is 111 Å². The minimum atomic E-state index is 0.585. The van der Waals surface area contributed by atoms with Crippen LogP contribution in [0.5, 0.6) is 0 Å². The number of H-pyrrole nitrogens is 1. The molecule has 1 heterocycles. The molecule has 0 aromatic carbocycles. The normalized spacial score (nSPS) is 20.1. The fraction of sp³-hybridized carbons (Fsp3) is 0.262. The lowest BCUT2D eigenvalue weighted by Gasteiger charge is -2.16. The van der Waals surface area contributed by atoms with Gasteiger partial charge in [0.2, 0.25) is 0 Å². The summed E-state index contributed by atoms with van der Waals surface area (Å²) in [7, 11) is 2.07. The van der Waals surface area contributed by atoms with Crippen molar-refractivity contribution >= 4 is 22.8 Å². The molecule has 1 atom stereocenters. The van der Waals surface area contributed by atoms with Crippen molar-refractivity contribution in [3.63, 3.8) is 0 Å². The average Bonchev–Trinajstić information content (AvgIpc) is 3.26. The van der Waals surface area contributed by atoms with Gasteiger partial charge in [0.25, 0.3) is 0 Å². The molecule has 4 rings (SSSR count). The van der Waals surface area contributed by atoms with Crippen molar-refractivity contribution in [2.24, 2.45) is 0 Å². The lowest BCUT2D eigenvalue weighted by atomic mass is 9.89. The molecule has 1 aromatic heterocycles. The predicted octanol–water partition coefficient (Wildman–Crippen LogP) is 11.1. The Balaban J connectivity index is 1.68. The third-order valence-corrected chi connectivity index (χ3v) is 8.23. The molecule has 3 aliphatic rings. The fourth-order valence-corrected chi connectivity index (χ4v) is 5.82. The number of nitrogens with one attached hydrogen (secondary N) is 2. The van der Waals surface area contributed by atoms with Crippen molar-refractivity contribution in [1.82, 2.24) is 10.3 Å². The molecule has 0 amide bonds. The van der Waals surface area contributed by atoms with Crippen LogP contribution in [0.1, 0.15) is 81.8 Å². The van der Waals surface area contributed by atoms with E-state index in [0.717, 1.165) is 75.2 Å². The first-order valence-electron chi connectivity index (χ1n) is 15.9. The van der Waals surface area contributed by atoms with Gasteiger partial charge >= 0.3 is 0 Å². The maximum absolute atomic E-state index is 4.49. The fourth-order valence-electron chi connectivity index (χ4n) is 5.82. The van der Waals surface area contributed by atoms with Crippen LogP contribution in [0.4, 0.5) is 0 Å². The average molecular weight is 581 g/mol. The van der Waals surface area contributed by atoms with E-state index in [-0.39, 0.29) is 0 Å². The smallest absolute Gasteiger partial charge is 0.0500 e. The second kappa shape index (κ2) is 15.9. The van der Waals surface area contributed by atoms with Gasteiger partial charge < -0.3 is 10.3 Å². The zero-order valence-corrected chi connectivity index (χ0v) is 27.1. The van der Waals surface area contributed by atoms with Crippen LogP contribution in [-0.4, -0.2) is 18.1 Å². The van der Waals surface area contributed by atoms with E-state index >= 15 is 0 Å². The van der Waals surface area contributed by atoms with Crippen LogP contribution in [0.25, 0.3) is 22.8 Å². The maximum atomic E-state index is 4.49. The van der Waals surface area contributed by atoms with E-state index in [1.54, 1.807) is 0 Å². The van der Waals surface area contributed by atoms with Gasteiger partial charge in [-0.1, -0.05) is 105 Å². The number of aromatic amines is 1. The largest absolute Gasteiger partial charge is 0.354 e. The Bertz CT molecular complexity index is 1630. The summed E-state index contributed by atoms with van der Waals surface area (Å²) in [5.41, 5.74) is 16.9. The third kappa shape index (κ3) is 8.38. The van der Waals surface area contributed by atoms with Crippen LogP contribution >= 0.6 is 0 Å². The van der Waals surface area contributed by atoms with Crippen molar-refractivity contribution in [3.05, 3.63) is 161 Å². The Morgan fingerprint density at radius 1 is 1.02 bits per heavy atom. The highest BCUT2D eigenvalue weighted by molar-refractivity contribution is 5.96. The highest BCUT2D eigenvalue weighted by Crippen LogP contribution is 2.38. The summed E-state index contributed by atoms with van der Waals surface area (Å²) < 4.78 is 0. The molecule has 0 aliphatic heterocycles. The van der Waals surface area contributed by atoms with Gasteiger partial charge in [-0.25, -0.2) is 0 Å². The zero-order valence-electron chi connectivity index (χ0n) is 27.1. The number of aromatic nitrogens is 1. The Morgan fingerprint density at radius 3 is 2.61 bits per heavy atom. The topological polar surface area (TPSA) is 27.8 Å². The predicted molar refractivity (Wildman–Crippen MR) is 195 cm³/mol. The quantitative estimate of drug-likeness (QED) is 0.187. The first-order chi connectivity index (χ1) is 21.3. The summed E-state index contributed by atoms with van der Waals surface area (Å²) in [6, 6.07) is 0.585. The molecule has 1 unspecified atom stereocenters. The van der Waals surface area contributed by atoms with Gasteiger partial charge in [-0.2, -0.15) is 0 Å². The van der Waals surface area contributed by atoms with Gasteiger partial charge in [0, 0.05) is 28.4 Å². The molecular weight excluding hydrogens is 532 g/mol. The molecule has 0 fully saturated rings. The number of allylic oxidation sites excluding steroid dienone is 21. The summed E-state index contributed by atoms with van der Waals surface area (Å²) in [5, 5.41) is 3.47. The van der Waals surface area contributed by atoms with Gasteiger partial charge in [0.05, 0.1) is 5.69 Å². The van der Waals surface area contributed by atoms with E-state index < -0.39 is 0 Å². The van der Waals surface area contributed by atoms with Crippen molar-refractivity contribution in [3.8, 4) is 0 Å². The molecule has 2 nitrogen and oxygen atoms in total. The van der Waals surface area contributed by atoms with Crippen molar-refractivity contribution in [2.75, 3.05) is 7.05 Å². The summed E-state index contributed by atoms with van der Waals surface area (Å²) in [6.45, 7) is 19.3. The molecule has 0 bridgehead atoms. The second-order valence-electron chi connectivity index (χ2n) is 11.8. The SMILES string of the molecule is C=C(C)/C=C\C=C(/C)c1[nH]c2c(c1C1=C\C=C/C3=C/C(C(=C)CCCC(CCC)NC)=C\CC=C=C3C=C1)C(=C)C=CC=C2. The molecule has 0 saturated heterocycles. The Kier molecular flexibility index (Phi) is 11.8. The van der Waals surface area contributed by atoms with Gasteiger partial charge in [0.15, 0.2) is 0 Å². The van der Waals surface area contributed by atoms with Crippen molar-refractivity contribution in [2.45, 2.75) is 65.3 Å². The molecule has 226 valence electrons. The molecule has 2 N–H and O–H groups in total. The maximum Gasteiger partial charge on any atom is 0.0500 e. The molecule has 44 heavy (non-hydrogen) atoms. The first kappa shape index (κ1) is 32.6. The van der Waals surface area contributed by atoms with Crippen molar-refractivity contribution < 1.29 is 0 Å². The molecule has 3 aliphatic carbocycles. The van der Waals surface area contributed by atoms with Gasteiger partial charge in [0.1, 0.15) is 0 Å². The van der Waals surface area contributed by atoms with Gasteiger partial charge in [-0.15, -0.1) is 5.73 Å². The molecule has 0 saturated carbocycles. The summed E-state index contributed by atoms with van der Waals surface area (Å²) in [5.74, 6) is 0. The molecule has 0 spiro atoms. The van der Waals surface area contributed by atoms with Crippen molar-refractivity contribution in [1.29, 1.82) is 0 Å². The lowest BCUT2D eigenvalue weighted by Crippen LogP contribution is -2.24. The monoisotopic (exact) mass is 580 g/mol. The summed E-state index contributed by atoms with van der Waals surface area (Å²) >= 11 is 0. The first-order valence-corrected chi connectivity index (χ1v) is 15.9. The lowest BCUT2D eigenvalue weighted by molar-refractivity contribution is 0.470. The summed E-state index contributed by atoms with van der Waals surface area (Å²) in [4.78, 5) is 3.70. The van der Waals surface area contributed by atoms with E-state index in [1.165, 1.54) is 30.4 Å². The van der Waals surface area contributed by atoms with E-state index in [4.69, 9.17) is 0 Å².